The van der Waals surface area contributed by atoms with Gasteiger partial charge in [-0.3, -0.25) is 14.5 Å². The molecule has 2 aliphatic rings. The number of amidine groups is 1. The van der Waals surface area contributed by atoms with Gasteiger partial charge in [-0.25, -0.2) is 0 Å². The molecule has 5 nitrogen and oxygen atoms in total. The Bertz CT molecular complexity index is 316. The van der Waals surface area contributed by atoms with Crippen molar-refractivity contribution in [1.29, 1.82) is 0 Å². The van der Waals surface area contributed by atoms with Gasteiger partial charge in [-0.15, -0.1) is 0 Å². The van der Waals surface area contributed by atoms with Gasteiger partial charge in [0.15, 0.2) is 5.17 Å². The number of nitrogens with two attached hydrogens (primary N) is 1. The number of hydrogen-bond donors (Lipinski definition) is 1. The fraction of sp³-hybridized carbons (Fsp3) is 0.625. The Labute approximate surface area is 85.7 Å². The number of rotatable bonds is 1. The number of likely N-dealkylation sites (tertiary alicyclic amines) is 1. The molecule has 1 saturated heterocycles. The van der Waals surface area contributed by atoms with Crippen molar-refractivity contribution in [2.75, 3.05) is 18.8 Å². The molecule has 6 heteroatoms. The second-order valence-corrected chi connectivity index (χ2v) is 4.33. The Morgan fingerprint density at radius 3 is 2.86 bits per heavy atom. The molecule has 1 unspecified atom stereocenters. The topological polar surface area (TPSA) is 75.8 Å². The third-order valence-electron chi connectivity index (χ3n) is 2.31. The second kappa shape index (κ2) is 3.70. The smallest absolute Gasteiger partial charge is 0.258 e. The summed E-state index contributed by atoms with van der Waals surface area (Å²) in [5.74, 6) is 0.434. The lowest BCUT2D eigenvalue weighted by Crippen LogP contribution is -2.30. The standard InChI is InChI=1S/C8H11N3O2S/c9-2-5-1-7(13)11(3-5)8-10-6(12)4-14-8/h5H,1-4,9H2. The molecule has 2 heterocycles. The number of carbonyl (C=O) groups excluding carboxylic acids is 2. The van der Waals surface area contributed by atoms with Crippen molar-refractivity contribution < 1.29 is 9.59 Å². The van der Waals surface area contributed by atoms with Gasteiger partial charge in [0.25, 0.3) is 5.91 Å². The van der Waals surface area contributed by atoms with Crippen LogP contribution in [0.3, 0.4) is 0 Å². The minimum atomic E-state index is -0.158. The number of aliphatic imine (C=N–C) groups is 1. The van der Waals surface area contributed by atoms with E-state index < -0.39 is 0 Å². The summed E-state index contributed by atoms with van der Waals surface area (Å²) in [4.78, 5) is 27.8. The number of amides is 2. The highest BCUT2D eigenvalue weighted by Gasteiger charge is 2.34. The summed E-state index contributed by atoms with van der Waals surface area (Å²) in [6, 6.07) is 0. The molecular weight excluding hydrogens is 202 g/mol. The van der Waals surface area contributed by atoms with Crippen molar-refractivity contribution in [3.63, 3.8) is 0 Å². The number of thioether (sulfide) groups is 1. The zero-order chi connectivity index (χ0) is 10.1. The number of nitrogens with zero attached hydrogens (tertiary/aromatic N) is 2. The lowest BCUT2D eigenvalue weighted by molar-refractivity contribution is -0.124. The molecule has 0 aromatic carbocycles. The number of carbonyl (C=O) groups is 2. The monoisotopic (exact) mass is 213 g/mol. The molecule has 2 amide bonds. The van der Waals surface area contributed by atoms with E-state index in [1.165, 1.54) is 11.8 Å². The van der Waals surface area contributed by atoms with Crippen LogP contribution in [-0.2, 0) is 9.59 Å². The molecule has 76 valence electrons. The van der Waals surface area contributed by atoms with Crippen molar-refractivity contribution in [1.82, 2.24) is 4.90 Å². The van der Waals surface area contributed by atoms with Crippen LogP contribution in [0.2, 0.25) is 0 Å². The zero-order valence-electron chi connectivity index (χ0n) is 7.60. The summed E-state index contributed by atoms with van der Waals surface area (Å²) in [5.41, 5.74) is 5.49. The molecule has 0 spiro atoms. The van der Waals surface area contributed by atoms with E-state index in [-0.39, 0.29) is 17.7 Å². The molecule has 0 saturated carbocycles. The lowest BCUT2D eigenvalue weighted by Gasteiger charge is -2.14. The Morgan fingerprint density at radius 2 is 2.36 bits per heavy atom. The van der Waals surface area contributed by atoms with Crippen molar-refractivity contribution in [3.05, 3.63) is 0 Å². The third kappa shape index (κ3) is 1.67. The molecule has 0 aliphatic carbocycles. The Morgan fingerprint density at radius 1 is 1.57 bits per heavy atom. The maximum atomic E-state index is 11.5. The first-order valence-corrected chi connectivity index (χ1v) is 5.44. The van der Waals surface area contributed by atoms with E-state index in [1.54, 1.807) is 4.90 Å². The van der Waals surface area contributed by atoms with Crippen LogP contribution < -0.4 is 5.73 Å². The molecular formula is C8H11N3O2S. The van der Waals surface area contributed by atoms with Crippen molar-refractivity contribution in [2.45, 2.75) is 6.42 Å². The minimum Gasteiger partial charge on any atom is -0.330 e. The maximum Gasteiger partial charge on any atom is 0.258 e. The first kappa shape index (κ1) is 9.67. The summed E-state index contributed by atoms with van der Waals surface area (Å²) < 4.78 is 0. The van der Waals surface area contributed by atoms with Gasteiger partial charge in [0.05, 0.1) is 5.75 Å². The predicted molar refractivity (Wildman–Crippen MR) is 53.8 cm³/mol. The van der Waals surface area contributed by atoms with Crippen LogP contribution in [0, 0.1) is 5.92 Å². The largest absolute Gasteiger partial charge is 0.330 e. The second-order valence-electron chi connectivity index (χ2n) is 3.39. The molecule has 2 N–H and O–H groups in total. The van der Waals surface area contributed by atoms with Gasteiger partial charge < -0.3 is 5.73 Å². The van der Waals surface area contributed by atoms with Crippen LogP contribution in [0.1, 0.15) is 6.42 Å². The molecule has 0 aromatic heterocycles. The summed E-state index contributed by atoms with van der Waals surface area (Å²) >= 11 is 1.33. The van der Waals surface area contributed by atoms with E-state index in [4.69, 9.17) is 5.73 Å². The zero-order valence-corrected chi connectivity index (χ0v) is 8.42. The van der Waals surface area contributed by atoms with Crippen molar-refractivity contribution >= 4 is 28.7 Å². The van der Waals surface area contributed by atoms with E-state index in [2.05, 4.69) is 4.99 Å². The van der Waals surface area contributed by atoms with Gasteiger partial charge in [0.2, 0.25) is 5.91 Å². The fourth-order valence-corrected chi connectivity index (χ4v) is 2.38. The molecule has 0 aromatic rings. The van der Waals surface area contributed by atoms with Crippen LogP contribution in [0.4, 0.5) is 0 Å². The van der Waals surface area contributed by atoms with Gasteiger partial charge in [0, 0.05) is 13.0 Å². The highest BCUT2D eigenvalue weighted by atomic mass is 32.2. The van der Waals surface area contributed by atoms with E-state index >= 15 is 0 Å². The van der Waals surface area contributed by atoms with Crippen molar-refractivity contribution in [3.8, 4) is 0 Å². The average molecular weight is 213 g/mol. The average Bonchev–Trinajstić information content (AvgIpc) is 2.71. The summed E-state index contributed by atoms with van der Waals surface area (Å²) in [5, 5.41) is 0.552. The van der Waals surface area contributed by atoms with E-state index in [1.807, 2.05) is 0 Å². The van der Waals surface area contributed by atoms with E-state index in [0.29, 0.717) is 30.4 Å². The quantitative estimate of drug-likeness (QED) is 0.632. The molecule has 1 fully saturated rings. The summed E-state index contributed by atoms with van der Waals surface area (Å²) in [6.07, 6.45) is 0.476. The first-order chi connectivity index (χ1) is 6.70. The van der Waals surface area contributed by atoms with E-state index in [0.717, 1.165) is 0 Å². The Balaban J connectivity index is 2.09. The van der Waals surface area contributed by atoms with E-state index in [9.17, 15) is 9.59 Å². The van der Waals surface area contributed by atoms with Crippen molar-refractivity contribution in [2.24, 2.45) is 16.6 Å². The minimum absolute atomic E-state index is 0.0291. The highest BCUT2D eigenvalue weighted by Crippen LogP contribution is 2.24. The van der Waals surface area contributed by atoms with Gasteiger partial charge in [-0.2, -0.15) is 4.99 Å². The maximum absolute atomic E-state index is 11.5. The van der Waals surface area contributed by atoms with Gasteiger partial charge in [0.1, 0.15) is 0 Å². The van der Waals surface area contributed by atoms with Gasteiger partial charge in [-0.1, -0.05) is 11.8 Å². The Hall–Kier alpha value is -0.880. The summed E-state index contributed by atoms with van der Waals surface area (Å²) in [6.45, 7) is 1.11. The molecule has 1 atom stereocenters. The third-order valence-corrected chi connectivity index (χ3v) is 3.28. The molecule has 0 radical (unpaired) electrons. The van der Waals surface area contributed by atoms with Crippen LogP contribution in [0.25, 0.3) is 0 Å². The molecule has 0 bridgehead atoms. The first-order valence-electron chi connectivity index (χ1n) is 4.45. The molecule has 2 rings (SSSR count). The van der Waals surface area contributed by atoms with Gasteiger partial charge >= 0.3 is 0 Å². The lowest BCUT2D eigenvalue weighted by atomic mass is 10.1. The SMILES string of the molecule is NCC1CC(=O)N(C2=NC(=O)CS2)C1. The Kier molecular flexibility index (Phi) is 2.56. The van der Waals surface area contributed by atoms with Crippen LogP contribution in [-0.4, -0.2) is 40.7 Å². The normalized spacial score (nSPS) is 27.4. The van der Waals surface area contributed by atoms with Crippen LogP contribution in [0.5, 0.6) is 0 Å². The fourth-order valence-electron chi connectivity index (χ4n) is 1.56. The molecule has 14 heavy (non-hydrogen) atoms. The molecule has 2 aliphatic heterocycles. The van der Waals surface area contributed by atoms with Crippen LogP contribution >= 0.6 is 11.8 Å². The highest BCUT2D eigenvalue weighted by molar-refractivity contribution is 8.14. The number of hydrogen-bond acceptors (Lipinski definition) is 4. The predicted octanol–water partition coefficient (Wildman–Crippen LogP) is -0.577. The van der Waals surface area contributed by atoms with Crippen LogP contribution in [0.15, 0.2) is 4.99 Å². The van der Waals surface area contributed by atoms with Gasteiger partial charge in [-0.05, 0) is 12.5 Å². The summed E-state index contributed by atoms with van der Waals surface area (Å²) in [7, 11) is 0.